The lowest BCUT2D eigenvalue weighted by Gasteiger charge is -2.07. The molecule has 0 spiro atoms. The third kappa shape index (κ3) is 5.69. The molecule has 0 atom stereocenters. The van der Waals surface area contributed by atoms with Crippen LogP contribution in [-0.2, 0) is 9.53 Å². The van der Waals surface area contributed by atoms with Gasteiger partial charge in [0, 0.05) is 15.5 Å². The van der Waals surface area contributed by atoms with Crippen LogP contribution in [0.5, 0.6) is 11.5 Å². The minimum absolute atomic E-state index is 0.243. The molecule has 2 aromatic carbocycles. The van der Waals surface area contributed by atoms with Crippen LogP contribution in [0.15, 0.2) is 46.2 Å². The molecule has 0 aliphatic heterocycles. The summed E-state index contributed by atoms with van der Waals surface area (Å²) in [5, 5.41) is 19.0. The molecule has 2 rings (SSSR count). The van der Waals surface area contributed by atoms with Crippen molar-refractivity contribution < 1.29 is 19.7 Å². The fourth-order valence-corrected chi connectivity index (χ4v) is 3.55. The van der Waals surface area contributed by atoms with Gasteiger partial charge in [0.2, 0.25) is 0 Å². The summed E-state index contributed by atoms with van der Waals surface area (Å²) in [7, 11) is 0. The molecule has 0 aliphatic rings. The van der Waals surface area contributed by atoms with Crippen molar-refractivity contribution in [2.45, 2.75) is 23.6 Å². The predicted molar refractivity (Wildman–Crippen MR) is 98.1 cm³/mol. The molecule has 0 saturated carbocycles. The fourth-order valence-electron chi connectivity index (χ4n) is 1.93. The number of thioether (sulfide) groups is 2. The van der Waals surface area contributed by atoms with Crippen LogP contribution >= 0.6 is 23.5 Å². The Kier molecular flexibility index (Phi) is 6.87. The van der Waals surface area contributed by atoms with Gasteiger partial charge >= 0.3 is 5.97 Å². The van der Waals surface area contributed by atoms with Crippen molar-refractivity contribution in [3.63, 3.8) is 0 Å². The SMILES string of the molecule is Cc1cc(SCCOC(=O)CSc2ccc(O)c(C)c2)ccc1O. The number of esters is 1. The van der Waals surface area contributed by atoms with E-state index < -0.39 is 0 Å². The zero-order valence-electron chi connectivity index (χ0n) is 13.6. The van der Waals surface area contributed by atoms with Crippen molar-refractivity contribution in [1.29, 1.82) is 0 Å². The normalized spacial score (nSPS) is 10.6. The third-order valence-corrected chi connectivity index (χ3v) is 5.23. The summed E-state index contributed by atoms with van der Waals surface area (Å²) in [6.07, 6.45) is 0. The standard InChI is InChI=1S/C18H20O4S2/c1-12-9-14(3-5-16(12)19)23-8-7-22-18(21)11-24-15-4-6-17(20)13(2)10-15/h3-6,9-10,19-20H,7-8,11H2,1-2H3. The van der Waals surface area contributed by atoms with Gasteiger partial charge in [-0.25, -0.2) is 0 Å². The van der Waals surface area contributed by atoms with Crippen LogP contribution < -0.4 is 0 Å². The second-order valence-corrected chi connectivity index (χ2v) is 7.47. The Morgan fingerprint density at radius 2 is 1.50 bits per heavy atom. The minimum atomic E-state index is -0.256. The molecule has 24 heavy (non-hydrogen) atoms. The first-order valence-corrected chi connectivity index (χ1v) is 9.43. The number of phenols is 2. The van der Waals surface area contributed by atoms with E-state index in [1.807, 2.05) is 32.0 Å². The highest BCUT2D eigenvalue weighted by Gasteiger charge is 2.06. The molecule has 0 heterocycles. The Morgan fingerprint density at radius 3 is 2.04 bits per heavy atom. The van der Waals surface area contributed by atoms with E-state index >= 15 is 0 Å². The Bertz CT molecular complexity index is 716. The van der Waals surface area contributed by atoms with Gasteiger partial charge in [0.25, 0.3) is 0 Å². The minimum Gasteiger partial charge on any atom is -0.508 e. The van der Waals surface area contributed by atoms with E-state index in [9.17, 15) is 15.0 Å². The van der Waals surface area contributed by atoms with Crippen LogP contribution in [-0.4, -0.2) is 34.3 Å². The monoisotopic (exact) mass is 364 g/mol. The van der Waals surface area contributed by atoms with Crippen molar-refractivity contribution in [3.8, 4) is 11.5 Å². The number of carbonyl (C=O) groups excluding carboxylic acids is 1. The van der Waals surface area contributed by atoms with E-state index in [0.29, 0.717) is 12.4 Å². The molecule has 0 aromatic heterocycles. The van der Waals surface area contributed by atoms with Gasteiger partial charge in [-0.2, -0.15) is 0 Å². The van der Waals surface area contributed by atoms with Gasteiger partial charge in [0.15, 0.2) is 0 Å². The lowest BCUT2D eigenvalue weighted by atomic mass is 10.2. The Labute approximate surface area is 150 Å². The molecule has 0 saturated heterocycles. The van der Waals surface area contributed by atoms with Crippen LogP contribution in [0.2, 0.25) is 0 Å². The zero-order chi connectivity index (χ0) is 17.5. The maximum atomic E-state index is 11.7. The molecule has 2 N–H and O–H groups in total. The van der Waals surface area contributed by atoms with Crippen molar-refractivity contribution >= 4 is 29.5 Å². The molecule has 4 nitrogen and oxygen atoms in total. The highest BCUT2D eigenvalue weighted by atomic mass is 32.2. The Morgan fingerprint density at radius 1 is 0.958 bits per heavy atom. The third-order valence-electron chi connectivity index (χ3n) is 3.31. The van der Waals surface area contributed by atoms with Crippen LogP contribution in [0.3, 0.4) is 0 Å². The molecule has 0 fully saturated rings. The lowest BCUT2D eigenvalue weighted by molar-refractivity contribution is -0.139. The fraction of sp³-hybridized carbons (Fsp3) is 0.278. The molecular formula is C18H20O4S2. The van der Waals surface area contributed by atoms with E-state index in [4.69, 9.17) is 4.74 Å². The lowest BCUT2D eigenvalue weighted by Crippen LogP contribution is -2.09. The van der Waals surface area contributed by atoms with Gasteiger partial charge in [-0.1, -0.05) is 0 Å². The van der Waals surface area contributed by atoms with Crippen LogP contribution in [0.25, 0.3) is 0 Å². The van der Waals surface area contributed by atoms with E-state index in [-0.39, 0.29) is 23.2 Å². The summed E-state index contributed by atoms with van der Waals surface area (Å²) >= 11 is 2.97. The van der Waals surface area contributed by atoms with Crippen molar-refractivity contribution in [1.82, 2.24) is 0 Å². The van der Waals surface area contributed by atoms with Gasteiger partial charge in [0.05, 0.1) is 5.75 Å². The zero-order valence-corrected chi connectivity index (χ0v) is 15.2. The molecule has 0 radical (unpaired) electrons. The second kappa shape index (κ2) is 8.89. The quantitative estimate of drug-likeness (QED) is 0.437. The first-order valence-electron chi connectivity index (χ1n) is 7.46. The Hall–Kier alpha value is -1.79. The van der Waals surface area contributed by atoms with E-state index in [1.165, 1.54) is 11.8 Å². The summed E-state index contributed by atoms with van der Waals surface area (Å²) in [6, 6.07) is 10.7. The maximum absolute atomic E-state index is 11.7. The van der Waals surface area contributed by atoms with E-state index in [1.54, 1.807) is 30.0 Å². The number of aryl methyl sites for hydroxylation is 2. The average molecular weight is 364 g/mol. The summed E-state index contributed by atoms with van der Waals surface area (Å²) in [5.74, 6) is 1.19. The van der Waals surface area contributed by atoms with E-state index in [0.717, 1.165) is 20.9 Å². The van der Waals surface area contributed by atoms with Crippen LogP contribution in [0.4, 0.5) is 0 Å². The van der Waals surface area contributed by atoms with Crippen LogP contribution in [0.1, 0.15) is 11.1 Å². The average Bonchev–Trinajstić information content (AvgIpc) is 2.56. The molecule has 2 aromatic rings. The topological polar surface area (TPSA) is 66.8 Å². The van der Waals surface area contributed by atoms with Gasteiger partial charge in [0.1, 0.15) is 18.1 Å². The molecule has 0 unspecified atom stereocenters. The number of carbonyl (C=O) groups is 1. The second-order valence-electron chi connectivity index (χ2n) is 5.25. The van der Waals surface area contributed by atoms with Crippen molar-refractivity contribution in [2.24, 2.45) is 0 Å². The highest BCUT2D eigenvalue weighted by molar-refractivity contribution is 8.00. The largest absolute Gasteiger partial charge is 0.508 e. The first kappa shape index (κ1) is 18.5. The number of benzene rings is 2. The van der Waals surface area contributed by atoms with Gasteiger partial charge in [-0.3, -0.25) is 4.79 Å². The van der Waals surface area contributed by atoms with Crippen molar-refractivity contribution in [2.75, 3.05) is 18.1 Å². The summed E-state index contributed by atoms with van der Waals surface area (Å²) < 4.78 is 5.21. The van der Waals surface area contributed by atoms with Gasteiger partial charge in [-0.15, -0.1) is 23.5 Å². The number of hydrogen-bond acceptors (Lipinski definition) is 6. The number of ether oxygens (including phenoxy) is 1. The predicted octanol–water partition coefficient (Wildman–Crippen LogP) is 4.14. The number of aromatic hydroxyl groups is 2. The Balaban J connectivity index is 1.67. The number of phenolic OH excluding ortho intramolecular Hbond substituents is 2. The summed E-state index contributed by atoms with van der Waals surface area (Å²) in [5.41, 5.74) is 1.62. The molecule has 6 heteroatoms. The van der Waals surface area contributed by atoms with Crippen LogP contribution in [0, 0.1) is 13.8 Å². The van der Waals surface area contributed by atoms with Gasteiger partial charge in [-0.05, 0) is 61.4 Å². The molecule has 0 aliphatic carbocycles. The number of hydrogen-bond donors (Lipinski definition) is 2. The smallest absolute Gasteiger partial charge is 0.316 e. The number of rotatable bonds is 7. The molecule has 0 bridgehead atoms. The van der Waals surface area contributed by atoms with Crippen molar-refractivity contribution in [3.05, 3.63) is 47.5 Å². The molecule has 128 valence electrons. The van der Waals surface area contributed by atoms with Gasteiger partial charge < -0.3 is 14.9 Å². The van der Waals surface area contributed by atoms with E-state index in [2.05, 4.69) is 0 Å². The highest BCUT2D eigenvalue weighted by Crippen LogP contribution is 2.25. The summed E-state index contributed by atoms with van der Waals surface area (Å²) in [4.78, 5) is 13.7. The first-order chi connectivity index (χ1) is 11.5. The summed E-state index contributed by atoms with van der Waals surface area (Å²) in [6.45, 7) is 4.01. The molecule has 0 amide bonds. The maximum Gasteiger partial charge on any atom is 0.316 e. The molecular weight excluding hydrogens is 344 g/mol.